The van der Waals surface area contributed by atoms with Crippen molar-refractivity contribution in [3.05, 3.63) is 58.8 Å². The number of nitrogens with one attached hydrogen (secondary N) is 1. The van der Waals surface area contributed by atoms with Gasteiger partial charge >= 0.3 is 0 Å². The van der Waals surface area contributed by atoms with Crippen molar-refractivity contribution in [1.29, 1.82) is 0 Å². The van der Waals surface area contributed by atoms with Gasteiger partial charge in [-0.2, -0.15) is 0 Å². The zero-order valence-corrected chi connectivity index (χ0v) is 12.5. The molecule has 0 spiro atoms. The first-order valence-corrected chi connectivity index (χ1v) is 6.93. The molecule has 0 fully saturated rings. The molecule has 2 rings (SSSR count). The van der Waals surface area contributed by atoms with Crippen LogP contribution in [0.15, 0.2) is 47.4 Å². The molecule has 21 heavy (non-hydrogen) atoms. The highest BCUT2D eigenvalue weighted by Crippen LogP contribution is 2.26. The topological polar surface area (TPSA) is 60.0 Å². The number of aromatic nitrogens is 1. The van der Waals surface area contributed by atoms with E-state index >= 15 is 0 Å². The number of carbonyl (C=O) groups is 1. The van der Waals surface area contributed by atoms with Gasteiger partial charge < -0.3 is 15.6 Å². The first-order valence-electron chi connectivity index (χ1n) is 6.55. The summed E-state index contributed by atoms with van der Waals surface area (Å²) >= 11 is 5.41. The predicted molar refractivity (Wildman–Crippen MR) is 81.4 cm³/mol. The average Bonchev–Trinajstić information content (AvgIpc) is 2.99. The molecule has 1 aromatic rings. The highest BCUT2D eigenvalue weighted by atomic mass is 35.5. The van der Waals surface area contributed by atoms with Crippen LogP contribution < -0.4 is 11.1 Å². The number of carbonyl (C=O) groups excluding carboxylic acids is 1. The minimum Gasteiger partial charge on any atom is -0.339 e. The molecule has 2 heterocycles. The molecule has 0 bridgehead atoms. The Hall–Kier alpha value is -1.85. The standard InChI is InChI=1S/C15H17ClFN3O/c1-9(3-4-11(17)10(2)16)19-15(21)14-6-5-13-12(18)7-8-20(13)14/h3-6,12H,2,7-8,18H2,1H3,(H,19,21)/b9-3+,11-4+. The van der Waals surface area contributed by atoms with E-state index in [0.29, 0.717) is 11.4 Å². The summed E-state index contributed by atoms with van der Waals surface area (Å²) in [6.07, 6.45) is 3.42. The lowest BCUT2D eigenvalue weighted by molar-refractivity contribution is 0.0957. The second-order valence-electron chi connectivity index (χ2n) is 4.91. The van der Waals surface area contributed by atoms with E-state index in [4.69, 9.17) is 17.3 Å². The molecule has 1 aliphatic heterocycles. The van der Waals surface area contributed by atoms with Crippen LogP contribution in [0.5, 0.6) is 0 Å². The lowest BCUT2D eigenvalue weighted by Gasteiger charge is -2.07. The lowest BCUT2D eigenvalue weighted by Crippen LogP contribution is -2.24. The maximum absolute atomic E-state index is 13.2. The van der Waals surface area contributed by atoms with Crippen LogP contribution in [-0.4, -0.2) is 10.5 Å². The van der Waals surface area contributed by atoms with Crippen molar-refractivity contribution in [2.45, 2.75) is 25.9 Å². The number of allylic oxidation sites excluding steroid dienone is 5. The molecule has 1 atom stereocenters. The maximum Gasteiger partial charge on any atom is 0.272 e. The van der Waals surface area contributed by atoms with E-state index in [2.05, 4.69) is 11.9 Å². The molecule has 3 N–H and O–H groups in total. The van der Waals surface area contributed by atoms with Crippen LogP contribution in [0.1, 0.15) is 35.6 Å². The van der Waals surface area contributed by atoms with Crippen LogP contribution in [0.3, 0.4) is 0 Å². The summed E-state index contributed by atoms with van der Waals surface area (Å²) in [6.45, 7) is 5.67. The van der Waals surface area contributed by atoms with E-state index in [1.54, 1.807) is 13.0 Å². The SMILES string of the molecule is C=C(Cl)/C(F)=C\C=C(/C)NC(=O)c1ccc2n1CCC2N. The van der Waals surface area contributed by atoms with Gasteiger partial charge in [-0.15, -0.1) is 0 Å². The van der Waals surface area contributed by atoms with Gasteiger partial charge in [0.2, 0.25) is 0 Å². The Balaban J connectivity index is 2.09. The van der Waals surface area contributed by atoms with Gasteiger partial charge in [-0.05, 0) is 37.6 Å². The molecule has 0 aromatic carbocycles. The minimum atomic E-state index is -0.639. The Morgan fingerprint density at radius 1 is 1.57 bits per heavy atom. The molecule has 0 aliphatic carbocycles. The van der Waals surface area contributed by atoms with Gasteiger partial charge in [0.05, 0.1) is 5.03 Å². The average molecular weight is 310 g/mol. The highest BCUT2D eigenvalue weighted by Gasteiger charge is 2.23. The number of hydrogen-bond acceptors (Lipinski definition) is 2. The third-order valence-corrected chi connectivity index (χ3v) is 3.52. The fourth-order valence-electron chi connectivity index (χ4n) is 2.24. The Labute approximate surface area is 127 Å². The highest BCUT2D eigenvalue weighted by molar-refractivity contribution is 6.31. The number of amides is 1. The molecule has 0 saturated carbocycles. The molecule has 1 aliphatic rings. The van der Waals surface area contributed by atoms with Crippen molar-refractivity contribution in [3.8, 4) is 0 Å². The minimum absolute atomic E-state index is 0.0186. The number of nitrogens with zero attached hydrogens (tertiary/aromatic N) is 1. The van der Waals surface area contributed by atoms with Gasteiger partial charge in [0.15, 0.2) is 0 Å². The molecular formula is C15H17ClFN3O. The van der Waals surface area contributed by atoms with E-state index in [1.165, 1.54) is 6.08 Å². The van der Waals surface area contributed by atoms with Crippen molar-refractivity contribution >= 4 is 17.5 Å². The Bertz CT molecular complexity index is 645. The summed E-state index contributed by atoms with van der Waals surface area (Å²) in [5.41, 5.74) is 7.96. The first-order chi connectivity index (χ1) is 9.90. The monoisotopic (exact) mass is 309 g/mol. The third kappa shape index (κ3) is 3.43. The molecule has 4 nitrogen and oxygen atoms in total. The van der Waals surface area contributed by atoms with E-state index in [9.17, 15) is 9.18 Å². The van der Waals surface area contributed by atoms with Crippen LogP contribution >= 0.6 is 11.6 Å². The zero-order chi connectivity index (χ0) is 15.6. The predicted octanol–water partition coefficient (Wildman–Crippen LogP) is 3.13. The summed E-state index contributed by atoms with van der Waals surface area (Å²) in [7, 11) is 0. The largest absolute Gasteiger partial charge is 0.339 e. The molecule has 0 saturated heterocycles. The van der Waals surface area contributed by atoms with E-state index in [1.807, 2.05) is 10.6 Å². The smallest absolute Gasteiger partial charge is 0.272 e. The van der Waals surface area contributed by atoms with Crippen LogP contribution in [0.2, 0.25) is 0 Å². The van der Waals surface area contributed by atoms with E-state index < -0.39 is 5.83 Å². The molecule has 6 heteroatoms. The fourth-order valence-corrected chi connectivity index (χ4v) is 2.31. The molecule has 0 radical (unpaired) electrons. The molecule has 112 valence electrons. The van der Waals surface area contributed by atoms with Gasteiger partial charge in [0, 0.05) is 24.0 Å². The molecule has 1 amide bonds. The van der Waals surface area contributed by atoms with Gasteiger partial charge in [0.25, 0.3) is 5.91 Å². The van der Waals surface area contributed by atoms with Crippen molar-refractivity contribution in [2.24, 2.45) is 5.73 Å². The van der Waals surface area contributed by atoms with Crippen molar-refractivity contribution in [3.63, 3.8) is 0 Å². The Morgan fingerprint density at radius 2 is 2.29 bits per heavy atom. The quantitative estimate of drug-likeness (QED) is 0.839. The first kappa shape index (κ1) is 15.5. The van der Waals surface area contributed by atoms with Crippen molar-refractivity contribution in [1.82, 2.24) is 9.88 Å². The second kappa shape index (κ2) is 6.28. The molecule has 1 unspecified atom stereocenters. The lowest BCUT2D eigenvalue weighted by atomic mass is 10.2. The summed E-state index contributed by atoms with van der Waals surface area (Å²) in [4.78, 5) is 12.2. The molecule has 1 aromatic heterocycles. The van der Waals surface area contributed by atoms with Gasteiger partial charge in [-0.3, -0.25) is 4.79 Å². The van der Waals surface area contributed by atoms with Crippen molar-refractivity contribution < 1.29 is 9.18 Å². The number of hydrogen-bond donors (Lipinski definition) is 2. The molecular weight excluding hydrogens is 293 g/mol. The van der Waals surface area contributed by atoms with E-state index in [-0.39, 0.29) is 17.0 Å². The summed E-state index contributed by atoms with van der Waals surface area (Å²) in [5.74, 6) is -0.887. The fraction of sp³-hybridized carbons (Fsp3) is 0.267. The summed E-state index contributed by atoms with van der Waals surface area (Å²) in [6, 6.07) is 3.59. The van der Waals surface area contributed by atoms with Crippen LogP contribution in [-0.2, 0) is 6.54 Å². The number of rotatable bonds is 4. The number of nitrogens with two attached hydrogens (primary N) is 1. The van der Waals surface area contributed by atoms with Crippen LogP contribution in [0.25, 0.3) is 0 Å². The van der Waals surface area contributed by atoms with Gasteiger partial charge in [-0.25, -0.2) is 4.39 Å². The van der Waals surface area contributed by atoms with Crippen LogP contribution in [0.4, 0.5) is 4.39 Å². The van der Waals surface area contributed by atoms with E-state index in [0.717, 1.165) is 24.7 Å². The third-order valence-electron chi connectivity index (χ3n) is 3.34. The maximum atomic E-state index is 13.2. The summed E-state index contributed by atoms with van der Waals surface area (Å²) < 4.78 is 15.1. The van der Waals surface area contributed by atoms with Gasteiger partial charge in [-0.1, -0.05) is 18.2 Å². The number of fused-ring (bicyclic) bond motifs is 1. The van der Waals surface area contributed by atoms with Crippen LogP contribution in [0, 0.1) is 0 Å². The van der Waals surface area contributed by atoms with Crippen molar-refractivity contribution in [2.75, 3.05) is 0 Å². The number of halogens is 2. The zero-order valence-electron chi connectivity index (χ0n) is 11.7. The summed E-state index contributed by atoms with van der Waals surface area (Å²) in [5, 5.41) is 2.52. The Morgan fingerprint density at radius 3 is 2.95 bits per heavy atom. The normalized spacial score (nSPS) is 18.6. The Kier molecular flexibility index (Phi) is 4.65. The van der Waals surface area contributed by atoms with Gasteiger partial charge in [0.1, 0.15) is 11.5 Å². The second-order valence-corrected chi connectivity index (χ2v) is 5.37.